The van der Waals surface area contributed by atoms with E-state index in [0.29, 0.717) is 0 Å². The third-order valence-electron chi connectivity index (χ3n) is 4.82. The molecule has 0 saturated heterocycles. The van der Waals surface area contributed by atoms with Crippen LogP contribution in [-0.2, 0) is 7.05 Å². The Balaban J connectivity index is 2.64. The highest BCUT2D eigenvalue weighted by atomic mass is 15.0. The van der Waals surface area contributed by atoms with Gasteiger partial charge in [-0.1, -0.05) is 45.5 Å². The van der Waals surface area contributed by atoms with Crippen LogP contribution in [0.4, 0.5) is 0 Å². The molecule has 0 aliphatic rings. The molecule has 140 valence electrons. The van der Waals surface area contributed by atoms with E-state index in [-0.39, 0.29) is 5.41 Å². The average molecular weight is 361 g/mol. The fourth-order valence-electron chi connectivity index (χ4n) is 3.23. The molecule has 0 fully saturated rings. The van der Waals surface area contributed by atoms with Gasteiger partial charge in [0.05, 0.1) is 5.56 Å². The van der Waals surface area contributed by atoms with Gasteiger partial charge in [-0.15, -0.1) is 0 Å². The highest BCUT2D eigenvalue weighted by Crippen LogP contribution is 2.38. The van der Waals surface area contributed by atoms with Gasteiger partial charge >= 0.3 is 0 Å². The van der Waals surface area contributed by atoms with Gasteiger partial charge in [0, 0.05) is 19.1 Å². The van der Waals surface area contributed by atoms with Crippen LogP contribution in [0, 0.1) is 5.41 Å². The second-order valence-electron chi connectivity index (χ2n) is 7.79. The molecule has 1 heterocycles. The molecule has 0 spiro atoms. The Hall–Kier alpha value is -2.74. The quantitative estimate of drug-likeness (QED) is 0.480. The number of hydrogen-bond acceptors (Lipinski definition) is 0. The SMILES string of the molecule is C=C/C(C)=[N+](\C=C)C/C=C(/c1ccccc1-c1cccc[n+]1C)C(C)(C)C. The minimum atomic E-state index is 0.0123. The molecule has 2 heteroatoms. The zero-order valence-corrected chi connectivity index (χ0v) is 17.4. The van der Waals surface area contributed by atoms with Gasteiger partial charge in [-0.25, -0.2) is 4.57 Å². The number of nitrogens with zero attached hydrogens (tertiary/aromatic N) is 2. The Labute approximate surface area is 164 Å². The first-order valence-electron chi connectivity index (χ1n) is 9.40. The number of rotatable bonds is 6. The molecule has 0 bridgehead atoms. The van der Waals surface area contributed by atoms with E-state index >= 15 is 0 Å². The van der Waals surface area contributed by atoms with Gasteiger partial charge in [0.1, 0.15) is 7.05 Å². The van der Waals surface area contributed by atoms with E-state index in [1.54, 1.807) is 0 Å². The molecule has 0 saturated carbocycles. The van der Waals surface area contributed by atoms with E-state index in [2.05, 4.69) is 112 Å². The van der Waals surface area contributed by atoms with Crippen molar-refractivity contribution in [3.8, 4) is 11.3 Å². The summed E-state index contributed by atoms with van der Waals surface area (Å²) in [4.78, 5) is 0. The lowest BCUT2D eigenvalue weighted by Crippen LogP contribution is -2.30. The van der Waals surface area contributed by atoms with E-state index in [4.69, 9.17) is 0 Å². The van der Waals surface area contributed by atoms with Gasteiger partial charge in [0.25, 0.3) is 0 Å². The van der Waals surface area contributed by atoms with Gasteiger partial charge < -0.3 is 0 Å². The maximum Gasteiger partial charge on any atom is 0.212 e. The average Bonchev–Trinajstić information content (AvgIpc) is 2.64. The molecule has 2 nitrogen and oxygen atoms in total. The van der Waals surface area contributed by atoms with E-state index in [1.165, 1.54) is 22.4 Å². The maximum absolute atomic E-state index is 3.94. The Morgan fingerprint density at radius 3 is 2.33 bits per heavy atom. The monoisotopic (exact) mass is 360 g/mol. The fraction of sp³-hybridized carbons (Fsp3) is 0.280. The molecule has 27 heavy (non-hydrogen) atoms. The van der Waals surface area contributed by atoms with Crippen LogP contribution in [-0.4, -0.2) is 16.8 Å². The summed E-state index contributed by atoms with van der Waals surface area (Å²) in [6.45, 7) is 17.4. The van der Waals surface area contributed by atoms with Crippen LogP contribution in [0.2, 0.25) is 0 Å². The lowest BCUT2D eigenvalue weighted by molar-refractivity contribution is -0.660. The van der Waals surface area contributed by atoms with Crippen molar-refractivity contribution in [1.29, 1.82) is 0 Å². The van der Waals surface area contributed by atoms with Gasteiger partial charge in [0.15, 0.2) is 24.7 Å². The summed E-state index contributed by atoms with van der Waals surface area (Å²) >= 11 is 0. The Morgan fingerprint density at radius 1 is 1.07 bits per heavy atom. The van der Waals surface area contributed by atoms with Crippen LogP contribution in [0.5, 0.6) is 0 Å². The number of pyridine rings is 1. The van der Waals surface area contributed by atoms with Crippen molar-refractivity contribution in [3.05, 3.63) is 85.7 Å². The van der Waals surface area contributed by atoms with Crippen molar-refractivity contribution in [2.75, 3.05) is 6.54 Å². The molecule has 0 aliphatic heterocycles. The van der Waals surface area contributed by atoms with Crippen molar-refractivity contribution in [2.45, 2.75) is 27.7 Å². The van der Waals surface area contributed by atoms with Gasteiger partial charge in [-0.05, 0) is 47.4 Å². The molecule has 0 amide bonds. The zero-order valence-electron chi connectivity index (χ0n) is 17.4. The van der Waals surface area contributed by atoms with Crippen molar-refractivity contribution in [1.82, 2.24) is 0 Å². The highest BCUT2D eigenvalue weighted by molar-refractivity contribution is 5.88. The van der Waals surface area contributed by atoms with Crippen molar-refractivity contribution >= 4 is 11.3 Å². The minimum Gasteiger partial charge on any atom is -0.201 e. The topological polar surface area (TPSA) is 6.89 Å². The van der Waals surface area contributed by atoms with E-state index in [1.807, 2.05) is 12.3 Å². The van der Waals surface area contributed by atoms with E-state index in [9.17, 15) is 0 Å². The van der Waals surface area contributed by atoms with E-state index < -0.39 is 0 Å². The first-order chi connectivity index (χ1) is 12.8. The van der Waals surface area contributed by atoms with Crippen molar-refractivity contribution in [2.24, 2.45) is 12.5 Å². The molecular weight excluding hydrogens is 328 g/mol. The fourth-order valence-corrected chi connectivity index (χ4v) is 3.23. The van der Waals surface area contributed by atoms with Crippen molar-refractivity contribution < 1.29 is 9.14 Å². The number of hydrogen-bond donors (Lipinski definition) is 0. The predicted octanol–water partition coefficient (Wildman–Crippen LogP) is 5.41. The molecule has 2 rings (SSSR count). The van der Waals surface area contributed by atoms with Crippen LogP contribution in [0.1, 0.15) is 33.3 Å². The number of aromatic nitrogens is 1. The molecule has 1 aromatic carbocycles. The normalized spacial score (nSPS) is 13.1. The lowest BCUT2D eigenvalue weighted by atomic mass is 9.79. The van der Waals surface area contributed by atoms with Gasteiger partial charge in [-0.2, -0.15) is 4.58 Å². The van der Waals surface area contributed by atoms with E-state index in [0.717, 1.165) is 12.3 Å². The summed E-state index contributed by atoms with van der Waals surface area (Å²) < 4.78 is 4.29. The third kappa shape index (κ3) is 4.91. The molecule has 0 unspecified atom stereocenters. The summed E-state index contributed by atoms with van der Waals surface area (Å²) in [5, 5.41) is 0. The summed E-state index contributed by atoms with van der Waals surface area (Å²) in [5.41, 5.74) is 6.15. The van der Waals surface area contributed by atoms with Gasteiger partial charge in [0.2, 0.25) is 5.69 Å². The minimum absolute atomic E-state index is 0.0123. The highest BCUT2D eigenvalue weighted by Gasteiger charge is 2.24. The number of allylic oxidation sites excluding steroid dienone is 2. The first-order valence-corrected chi connectivity index (χ1v) is 9.40. The molecule has 0 radical (unpaired) electrons. The van der Waals surface area contributed by atoms with Crippen LogP contribution in [0.25, 0.3) is 16.8 Å². The Bertz CT molecular complexity index is 893. The number of aryl methyl sites for hydroxylation is 1. The summed E-state index contributed by atoms with van der Waals surface area (Å²) in [5.74, 6) is 0. The Morgan fingerprint density at radius 2 is 1.74 bits per heavy atom. The molecule has 0 aliphatic carbocycles. The first kappa shape index (κ1) is 20.6. The van der Waals surface area contributed by atoms with Crippen LogP contribution < -0.4 is 4.57 Å². The van der Waals surface area contributed by atoms with Crippen LogP contribution >= 0.6 is 0 Å². The standard InChI is InChI=1S/C25H32N2/c1-8-20(3)27(9-2)19-17-23(25(4,5)6)21-14-10-11-15-22(21)24-16-12-13-18-26(24)7/h8-18H,1-2,19H2,3-7H3/q+2/b23-17-,27-20+. The molecule has 0 atom stereocenters. The largest absolute Gasteiger partial charge is 0.212 e. The molecule has 1 aromatic heterocycles. The summed E-state index contributed by atoms with van der Waals surface area (Å²) in [6.07, 6.45) is 8.13. The summed E-state index contributed by atoms with van der Waals surface area (Å²) in [6, 6.07) is 15.0. The lowest BCUT2D eigenvalue weighted by Gasteiger charge is -2.25. The van der Waals surface area contributed by atoms with Crippen molar-refractivity contribution in [3.63, 3.8) is 0 Å². The smallest absolute Gasteiger partial charge is 0.201 e. The van der Waals surface area contributed by atoms with Crippen LogP contribution in [0.3, 0.4) is 0 Å². The van der Waals surface area contributed by atoms with Gasteiger partial charge in [-0.3, -0.25) is 0 Å². The molecular formula is C25H32N2+2. The predicted molar refractivity (Wildman–Crippen MR) is 117 cm³/mol. The summed E-state index contributed by atoms with van der Waals surface area (Å²) in [7, 11) is 2.09. The Kier molecular flexibility index (Phi) is 6.68. The maximum atomic E-state index is 3.94. The third-order valence-corrected chi connectivity index (χ3v) is 4.82. The zero-order chi connectivity index (χ0) is 20.0. The van der Waals surface area contributed by atoms with Crippen LogP contribution in [0.15, 0.2) is 80.2 Å². The molecule has 2 aromatic rings. The molecule has 0 N–H and O–H groups in total. The second-order valence-corrected chi connectivity index (χ2v) is 7.79. The number of benzene rings is 1. The second kappa shape index (κ2) is 8.77.